The normalized spacial score (nSPS) is 10.2. The Morgan fingerprint density at radius 2 is 2.15 bits per heavy atom. The number of benzene rings is 1. The molecule has 0 aliphatic heterocycles. The molecule has 0 unspecified atom stereocenters. The topological polar surface area (TPSA) is 21.3 Å². The third-order valence-corrected chi connectivity index (χ3v) is 1.96. The molecular weight excluding hydrogens is 169 g/mol. The molecule has 0 aliphatic rings. The molecule has 13 heavy (non-hydrogen) atoms. The van der Waals surface area contributed by atoms with Crippen LogP contribution in [0.1, 0.15) is 11.1 Å². The molecule has 2 nitrogen and oxygen atoms in total. The molecule has 0 amide bonds. The lowest BCUT2D eigenvalue weighted by atomic mass is 10.1. The molecule has 0 saturated carbocycles. The molecule has 0 heterocycles. The van der Waals surface area contributed by atoms with E-state index in [9.17, 15) is 4.39 Å². The van der Waals surface area contributed by atoms with E-state index in [1.807, 2.05) is 13.1 Å². The molecule has 0 aromatic heterocycles. The maximum atomic E-state index is 13.2. The van der Waals surface area contributed by atoms with Gasteiger partial charge in [0.05, 0.1) is 7.11 Å². The van der Waals surface area contributed by atoms with Crippen LogP contribution in [0.25, 0.3) is 0 Å². The minimum Gasteiger partial charge on any atom is -0.496 e. The molecule has 0 aliphatic carbocycles. The number of hydrogen-bond acceptors (Lipinski definition) is 2. The summed E-state index contributed by atoms with van der Waals surface area (Å²) in [6.07, 6.45) is 0. The Morgan fingerprint density at radius 3 is 2.69 bits per heavy atom. The van der Waals surface area contributed by atoms with Crippen LogP contribution in [0.15, 0.2) is 12.1 Å². The minimum atomic E-state index is -0.218. The number of ether oxygens (including phenoxy) is 1. The molecule has 72 valence electrons. The highest BCUT2D eigenvalue weighted by molar-refractivity contribution is 5.37. The number of methoxy groups -OCH3 is 1. The standard InChI is InChI=1S/C10H14FNO/c1-7-9(11)4-8(6-12-2)5-10(7)13-3/h4-5,12H,6H2,1-3H3. The zero-order chi connectivity index (χ0) is 9.84. The lowest BCUT2D eigenvalue weighted by Gasteiger charge is -2.08. The molecular formula is C10H14FNO. The second kappa shape index (κ2) is 4.23. The first-order valence-electron chi connectivity index (χ1n) is 4.16. The lowest BCUT2D eigenvalue weighted by Crippen LogP contribution is -2.06. The average Bonchev–Trinajstić information content (AvgIpc) is 2.11. The third kappa shape index (κ3) is 2.18. The van der Waals surface area contributed by atoms with E-state index >= 15 is 0 Å². The molecule has 1 aromatic carbocycles. The predicted molar refractivity (Wildman–Crippen MR) is 50.5 cm³/mol. The Balaban J connectivity index is 3.06. The van der Waals surface area contributed by atoms with Crippen LogP contribution in [0.2, 0.25) is 0 Å². The second-order valence-electron chi connectivity index (χ2n) is 2.94. The maximum Gasteiger partial charge on any atom is 0.130 e. The first-order valence-corrected chi connectivity index (χ1v) is 4.16. The highest BCUT2D eigenvalue weighted by Gasteiger charge is 2.06. The van der Waals surface area contributed by atoms with Gasteiger partial charge in [0, 0.05) is 12.1 Å². The van der Waals surface area contributed by atoms with E-state index in [2.05, 4.69) is 5.32 Å². The zero-order valence-electron chi connectivity index (χ0n) is 8.15. The van der Waals surface area contributed by atoms with Crippen molar-refractivity contribution in [3.63, 3.8) is 0 Å². The zero-order valence-corrected chi connectivity index (χ0v) is 8.15. The molecule has 0 atom stereocenters. The van der Waals surface area contributed by atoms with Crippen LogP contribution < -0.4 is 10.1 Å². The quantitative estimate of drug-likeness (QED) is 0.772. The highest BCUT2D eigenvalue weighted by atomic mass is 19.1. The van der Waals surface area contributed by atoms with Gasteiger partial charge in [-0.1, -0.05) is 0 Å². The molecule has 0 spiro atoms. The van der Waals surface area contributed by atoms with Gasteiger partial charge in [-0.25, -0.2) is 4.39 Å². The summed E-state index contributed by atoms with van der Waals surface area (Å²) in [7, 11) is 3.37. The first kappa shape index (κ1) is 9.99. The minimum absolute atomic E-state index is 0.218. The lowest BCUT2D eigenvalue weighted by molar-refractivity contribution is 0.406. The Hall–Kier alpha value is -1.09. The number of rotatable bonds is 3. The summed E-state index contributed by atoms with van der Waals surface area (Å²) in [6, 6.07) is 3.36. The van der Waals surface area contributed by atoms with E-state index in [-0.39, 0.29) is 5.82 Å². The van der Waals surface area contributed by atoms with Crippen LogP contribution in [-0.4, -0.2) is 14.2 Å². The van der Waals surface area contributed by atoms with Gasteiger partial charge in [0.25, 0.3) is 0 Å². The molecule has 0 fully saturated rings. The van der Waals surface area contributed by atoms with Crippen molar-refractivity contribution in [3.8, 4) is 5.75 Å². The molecule has 3 heteroatoms. The number of halogens is 1. The van der Waals surface area contributed by atoms with Gasteiger partial charge in [0.2, 0.25) is 0 Å². The van der Waals surface area contributed by atoms with Gasteiger partial charge in [0.15, 0.2) is 0 Å². The summed E-state index contributed by atoms with van der Waals surface area (Å²) in [5.41, 5.74) is 1.45. The predicted octanol–water partition coefficient (Wildman–Crippen LogP) is 1.86. The SMILES string of the molecule is CNCc1cc(F)c(C)c(OC)c1. The number of hydrogen-bond donors (Lipinski definition) is 1. The van der Waals surface area contributed by atoms with Crippen LogP contribution in [0, 0.1) is 12.7 Å². The van der Waals surface area contributed by atoms with Crippen molar-refractivity contribution in [3.05, 3.63) is 29.1 Å². The summed E-state index contributed by atoms with van der Waals surface area (Å²) >= 11 is 0. The van der Waals surface area contributed by atoms with E-state index < -0.39 is 0 Å². The summed E-state index contributed by atoms with van der Waals surface area (Å²) in [5, 5.41) is 2.96. The highest BCUT2D eigenvalue weighted by Crippen LogP contribution is 2.22. The van der Waals surface area contributed by atoms with E-state index in [1.54, 1.807) is 14.0 Å². The van der Waals surface area contributed by atoms with Gasteiger partial charge in [-0.15, -0.1) is 0 Å². The van der Waals surface area contributed by atoms with E-state index in [4.69, 9.17) is 4.74 Å². The van der Waals surface area contributed by atoms with Crippen molar-refractivity contribution in [2.24, 2.45) is 0 Å². The van der Waals surface area contributed by atoms with Crippen molar-refractivity contribution in [2.75, 3.05) is 14.2 Å². The van der Waals surface area contributed by atoms with Crippen LogP contribution in [0.3, 0.4) is 0 Å². The fourth-order valence-corrected chi connectivity index (χ4v) is 1.23. The first-order chi connectivity index (χ1) is 6.19. The fraction of sp³-hybridized carbons (Fsp3) is 0.400. The second-order valence-corrected chi connectivity index (χ2v) is 2.94. The Labute approximate surface area is 77.7 Å². The molecule has 0 radical (unpaired) electrons. The van der Waals surface area contributed by atoms with Crippen molar-refractivity contribution < 1.29 is 9.13 Å². The van der Waals surface area contributed by atoms with Gasteiger partial charge < -0.3 is 10.1 Å². The van der Waals surface area contributed by atoms with Crippen LogP contribution in [-0.2, 0) is 6.54 Å². The van der Waals surface area contributed by atoms with Gasteiger partial charge in [-0.2, -0.15) is 0 Å². The van der Waals surface area contributed by atoms with Crippen LogP contribution in [0.5, 0.6) is 5.75 Å². The monoisotopic (exact) mass is 183 g/mol. The van der Waals surface area contributed by atoms with Crippen molar-refractivity contribution in [1.29, 1.82) is 0 Å². The summed E-state index contributed by atoms with van der Waals surface area (Å²) in [5.74, 6) is 0.384. The Bertz CT molecular complexity index is 299. The molecule has 1 N–H and O–H groups in total. The number of nitrogens with one attached hydrogen (secondary N) is 1. The summed E-state index contributed by atoms with van der Waals surface area (Å²) < 4.78 is 18.3. The third-order valence-electron chi connectivity index (χ3n) is 1.96. The van der Waals surface area contributed by atoms with Crippen molar-refractivity contribution >= 4 is 0 Å². The van der Waals surface area contributed by atoms with Crippen molar-refractivity contribution in [2.45, 2.75) is 13.5 Å². The van der Waals surface area contributed by atoms with Gasteiger partial charge in [-0.3, -0.25) is 0 Å². The van der Waals surface area contributed by atoms with Gasteiger partial charge in [-0.05, 0) is 31.7 Å². The van der Waals surface area contributed by atoms with Crippen LogP contribution in [0.4, 0.5) is 4.39 Å². The van der Waals surface area contributed by atoms with Gasteiger partial charge in [0.1, 0.15) is 11.6 Å². The van der Waals surface area contributed by atoms with E-state index in [1.165, 1.54) is 6.07 Å². The summed E-state index contributed by atoms with van der Waals surface area (Å²) in [6.45, 7) is 2.35. The Morgan fingerprint density at radius 1 is 1.46 bits per heavy atom. The smallest absolute Gasteiger partial charge is 0.130 e. The fourth-order valence-electron chi connectivity index (χ4n) is 1.23. The molecule has 0 bridgehead atoms. The largest absolute Gasteiger partial charge is 0.496 e. The van der Waals surface area contributed by atoms with Gasteiger partial charge >= 0.3 is 0 Å². The molecule has 1 aromatic rings. The average molecular weight is 183 g/mol. The summed E-state index contributed by atoms with van der Waals surface area (Å²) in [4.78, 5) is 0. The van der Waals surface area contributed by atoms with E-state index in [0.29, 0.717) is 17.9 Å². The molecule has 0 saturated heterocycles. The maximum absolute atomic E-state index is 13.2. The van der Waals surface area contributed by atoms with Crippen LogP contribution >= 0.6 is 0 Å². The van der Waals surface area contributed by atoms with E-state index in [0.717, 1.165) is 5.56 Å². The van der Waals surface area contributed by atoms with Crippen molar-refractivity contribution in [1.82, 2.24) is 5.32 Å². The Kier molecular flexibility index (Phi) is 3.25. The molecule has 1 rings (SSSR count).